The summed E-state index contributed by atoms with van der Waals surface area (Å²) in [6, 6.07) is 8.28. The molecule has 0 spiro atoms. The zero-order valence-corrected chi connectivity index (χ0v) is 17.3. The SMILES string of the molecule is Cl.Cl.O=C(Nc1ccccc1NC12CC3CC(CC(C3)C1)C2)C1CCNC1. The molecule has 4 bridgehead atoms. The average Bonchev–Trinajstić information content (AvgIpc) is 3.10. The smallest absolute Gasteiger partial charge is 0.228 e. The molecular weight excluding hydrogens is 381 g/mol. The number of benzene rings is 1. The van der Waals surface area contributed by atoms with E-state index in [0.717, 1.165) is 48.6 Å². The van der Waals surface area contributed by atoms with Crippen molar-refractivity contribution in [3.05, 3.63) is 24.3 Å². The van der Waals surface area contributed by atoms with Gasteiger partial charge in [0.1, 0.15) is 0 Å². The lowest BCUT2D eigenvalue weighted by atomic mass is 9.53. The maximum absolute atomic E-state index is 12.6. The first-order valence-electron chi connectivity index (χ1n) is 10.1. The van der Waals surface area contributed by atoms with Crippen LogP contribution in [0.15, 0.2) is 24.3 Å². The predicted octanol–water partition coefficient (Wildman–Crippen LogP) is 4.46. The fourth-order valence-electron chi connectivity index (χ4n) is 6.36. The average molecular weight is 412 g/mol. The molecule has 1 unspecified atom stereocenters. The summed E-state index contributed by atoms with van der Waals surface area (Å²) < 4.78 is 0. The van der Waals surface area contributed by atoms with E-state index >= 15 is 0 Å². The Morgan fingerprint density at radius 3 is 2.11 bits per heavy atom. The van der Waals surface area contributed by atoms with Gasteiger partial charge in [-0.2, -0.15) is 0 Å². The monoisotopic (exact) mass is 411 g/mol. The summed E-state index contributed by atoms with van der Waals surface area (Å²) in [5.74, 6) is 3.03. The molecule has 0 radical (unpaired) electrons. The molecule has 1 atom stereocenters. The Hall–Kier alpha value is -0.970. The first-order chi connectivity index (χ1) is 12.2. The van der Waals surface area contributed by atoms with E-state index in [0.29, 0.717) is 0 Å². The van der Waals surface area contributed by atoms with Gasteiger partial charge in [0.15, 0.2) is 0 Å². The molecule has 4 nitrogen and oxygen atoms in total. The van der Waals surface area contributed by atoms with Crippen molar-refractivity contribution in [2.75, 3.05) is 23.7 Å². The molecule has 5 aliphatic rings. The van der Waals surface area contributed by atoms with Crippen molar-refractivity contribution in [1.82, 2.24) is 5.32 Å². The highest BCUT2D eigenvalue weighted by molar-refractivity contribution is 5.96. The van der Waals surface area contributed by atoms with E-state index in [1.54, 1.807) is 0 Å². The van der Waals surface area contributed by atoms with Gasteiger partial charge in [0.25, 0.3) is 0 Å². The summed E-state index contributed by atoms with van der Waals surface area (Å²) in [7, 11) is 0. The molecule has 1 aromatic carbocycles. The zero-order chi connectivity index (χ0) is 16.9. The van der Waals surface area contributed by atoms with Crippen LogP contribution in [0.25, 0.3) is 0 Å². The summed E-state index contributed by atoms with van der Waals surface area (Å²) in [6.45, 7) is 1.75. The Labute approximate surface area is 174 Å². The van der Waals surface area contributed by atoms with E-state index in [4.69, 9.17) is 0 Å². The third kappa shape index (κ3) is 4.08. The van der Waals surface area contributed by atoms with Gasteiger partial charge in [-0.1, -0.05) is 12.1 Å². The standard InChI is InChI=1S/C21H29N3O.2ClH/c25-20(17-5-6-22-13-17)23-18-3-1-2-4-19(18)24-21-10-14-7-15(11-21)9-16(8-14)12-21;;/h1-4,14-17,22,24H,5-13H2,(H,23,25);2*1H. The van der Waals surface area contributed by atoms with Crippen molar-refractivity contribution < 1.29 is 4.79 Å². The van der Waals surface area contributed by atoms with Crippen LogP contribution in [0.5, 0.6) is 0 Å². The van der Waals surface area contributed by atoms with Gasteiger partial charge in [-0.05, 0) is 81.4 Å². The molecule has 4 saturated carbocycles. The number of halogens is 2. The van der Waals surface area contributed by atoms with Crippen molar-refractivity contribution in [2.24, 2.45) is 23.7 Å². The third-order valence-corrected chi connectivity index (χ3v) is 7.05. The lowest BCUT2D eigenvalue weighted by molar-refractivity contribution is -0.119. The van der Waals surface area contributed by atoms with Gasteiger partial charge in [0, 0.05) is 12.1 Å². The Balaban J connectivity index is 0.00000105. The molecule has 27 heavy (non-hydrogen) atoms. The van der Waals surface area contributed by atoms with Crippen molar-refractivity contribution in [1.29, 1.82) is 0 Å². The number of nitrogens with one attached hydrogen (secondary N) is 3. The predicted molar refractivity (Wildman–Crippen MR) is 115 cm³/mol. The molecule has 1 heterocycles. The molecule has 1 amide bonds. The maximum Gasteiger partial charge on any atom is 0.228 e. The van der Waals surface area contributed by atoms with Gasteiger partial charge in [-0.15, -0.1) is 24.8 Å². The molecule has 1 aromatic rings. The number of anilines is 2. The second kappa shape index (κ2) is 8.18. The minimum Gasteiger partial charge on any atom is -0.378 e. The molecule has 6 rings (SSSR count). The van der Waals surface area contributed by atoms with Gasteiger partial charge in [-0.3, -0.25) is 4.79 Å². The summed E-state index contributed by atoms with van der Waals surface area (Å²) in [6.07, 6.45) is 9.24. The number of para-hydroxylation sites is 2. The van der Waals surface area contributed by atoms with Crippen LogP contribution < -0.4 is 16.0 Å². The summed E-state index contributed by atoms with van der Waals surface area (Å²) in [5, 5.41) is 10.4. The van der Waals surface area contributed by atoms with Crippen LogP contribution in [-0.2, 0) is 4.79 Å². The van der Waals surface area contributed by atoms with Crippen molar-refractivity contribution >= 4 is 42.1 Å². The lowest BCUT2D eigenvalue weighted by Gasteiger charge is -2.57. The largest absolute Gasteiger partial charge is 0.378 e. The highest BCUT2D eigenvalue weighted by Gasteiger charge is 2.51. The Morgan fingerprint density at radius 2 is 1.56 bits per heavy atom. The van der Waals surface area contributed by atoms with Crippen LogP contribution in [0, 0.1) is 23.7 Å². The number of carbonyl (C=O) groups is 1. The van der Waals surface area contributed by atoms with E-state index in [-0.39, 0.29) is 42.2 Å². The first-order valence-corrected chi connectivity index (χ1v) is 10.1. The number of hydrogen-bond donors (Lipinski definition) is 3. The van der Waals surface area contributed by atoms with Gasteiger partial charge in [0.2, 0.25) is 5.91 Å². The van der Waals surface area contributed by atoms with Crippen molar-refractivity contribution in [3.63, 3.8) is 0 Å². The summed E-state index contributed by atoms with van der Waals surface area (Å²) in [5.41, 5.74) is 2.34. The van der Waals surface area contributed by atoms with Crippen LogP contribution in [-0.4, -0.2) is 24.5 Å². The van der Waals surface area contributed by atoms with E-state index in [9.17, 15) is 4.79 Å². The van der Waals surface area contributed by atoms with Gasteiger partial charge in [-0.25, -0.2) is 0 Å². The molecule has 5 fully saturated rings. The van der Waals surface area contributed by atoms with E-state index in [2.05, 4.69) is 28.1 Å². The third-order valence-electron chi connectivity index (χ3n) is 7.05. The molecular formula is C21H31Cl2N3O. The van der Waals surface area contributed by atoms with Gasteiger partial charge in [0.05, 0.1) is 17.3 Å². The fraction of sp³-hybridized carbons (Fsp3) is 0.667. The van der Waals surface area contributed by atoms with Gasteiger partial charge >= 0.3 is 0 Å². The van der Waals surface area contributed by atoms with Crippen LogP contribution in [0.1, 0.15) is 44.9 Å². The Bertz CT molecular complexity index is 640. The molecule has 3 N–H and O–H groups in total. The van der Waals surface area contributed by atoms with E-state index in [1.807, 2.05) is 12.1 Å². The summed E-state index contributed by atoms with van der Waals surface area (Å²) in [4.78, 5) is 12.6. The van der Waals surface area contributed by atoms with Gasteiger partial charge < -0.3 is 16.0 Å². The second-order valence-electron chi connectivity index (χ2n) is 9.05. The minimum atomic E-state index is 0. The molecule has 1 saturated heterocycles. The molecule has 0 aromatic heterocycles. The van der Waals surface area contributed by atoms with Crippen molar-refractivity contribution in [3.8, 4) is 0 Å². The van der Waals surface area contributed by atoms with Crippen LogP contribution in [0.2, 0.25) is 0 Å². The molecule has 1 aliphatic heterocycles. The highest BCUT2D eigenvalue weighted by atomic mass is 35.5. The van der Waals surface area contributed by atoms with Crippen LogP contribution >= 0.6 is 24.8 Å². The molecule has 150 valence electrons. The number of hydrogen-bond acceptors (Lipinski definition) is 3. The quantitative estimate of drug-likeness (QED) is 0.685. The Kier molecular flexibility index (Phi) is 6.29. The minimum absolute atomic E-state index is 0. The van der Waals surface area contributed by atoms with E-state index in [1.165, 1.54) is 38.5 Å². The van der Waals surface area contributed by atoms with E-state index < -0.39 is 0 Å². The first kappa shape index (κ1) is 20.8. The molecule has 6 heteroatoms. The Morgan fingerprint density at radius 1 is 0.963 bits per heavy atom. The lowest BCUT2D eigenvalue weighted by Crippen LogP contribution is -2.54. The topological polar surface area (TPSA) is 53.2 Å². The van der Waals surface area contributed by atoms with Crippen molar-refractivity contribution in [2.45, 2.75) is 50.5 Å². The normalized spacial score (nSPS) is 35.9. The number of amides is 1. The van der Waals surface area contributed by atoms with Crippen LogP contribution in [0.4, 0.5) is 11.4 Å². The number of rotatable bonds is 4. The molecule has 4 aliphatic carbocycles. The summed E-state index contributed by atoms with van der Waals surface area (Å²) >= 11 is 0. The number of carbonyl (C=O) groups excluding carboxylic acids is 1. The zero-order valence-electron chi connectivity index (χ0n) is 15.7. The highest BCUT2D eigenvalue weighted by Crippen LogP contribution is 2.56. The fourth-order valence-corrected chi connectivity index (χ4v) is 6.36. The maximum atomic E-state index is 12.6. The van der Waals surface area contributed by atoms with Crippen LogP contribution in [0.3, 0.4) is 0 Å². The second-order valence-corrected chi connectivity index (χ2v) is 9.05.